The highest BCUT2D eigenvalue weighted by Crippen LogP contribution is 2.26. The van der Waals surface area contributed by atoms with Crippen LogP contribution in [0.25, 0.3) is 0 Å². The number of amides is 1. The number of hydrogen-bond donors (Lipinski definition) is 1. The molecule has 120 valence electrons. The molecule has 0 unspecified atom stereocenters. The molecule has 0 atom stereocenters. The minimum Gasteiger partial charge on any atom is -0.508 e. The molecule has 1 amide bonds. The largest absolute Gasteiger partial charge is 0.508 e. The number of rotatable bonds is 4. The molecule has 0 saturated carbocycles. The standard InChI is InChI=1S/C17H23NO4/c19-15-4-2-1-3-13(15)5-6-16(20)18-9-7-14(8-10-18)17-21-11-12-22-17/h1-4,14,17,19H,5-12H2. The zero-order valence-corrected chi connectivity index (χ0v) is 12.7. The van der Waals surface area contributed by atoms with Crippen LogP contribution in [0.1, 0.15) is 24.8 Å². The first-order chi connectivity index (χ1) is 10.7. The van der Waals surface area contributed by atoms with E-state index in [0.29, 0.717) is 32.0 Å². The summed E-state index contributed by atoms with van der Waals surface area (Å²) in [7, 11) is 0. The van der Waals surface area contributed by atoms with Crippen molar-refractivity contribution in [3.63, 3.8) is 0 Å². The Balaban J connectivity index is 1.45. The summed E-state index contributed by atoms with van der Waals surface area (Å²) in [5.74, 6) is 0.837. The van der Waals surface area contributed by atoms with Gasteiger partial charge in [0.2, 0.25) is 5.91 Å². The second-order valence-corrected chi connectivity index (χ2v) is 5.96. The number of aromatic hydroxyl groups is 1. The minimum absolute atomic E-state index is 0.0708. The van der Waals surface area contributed by atoms with Crippen LogP contribution in [0, 0.1) is 5.92 Å². The molecule has 0 radical (unpaired) electrons. The van der Waals surface area contributed by atoms with Crippen LogP contribution >= 0.6 is 0 Å². The van der Waals surface area contributed by atoms with E-state index in [4.69, 9.17) is 9.47 Å². The van der Waals surface area contributed by atoms with Crippen molar-refractivity contribution in [2.75, 3.05) is 26.3 Å². The molecule has 0 aromatic heterocycles. The van der Waals surface area contributed by atoms with Crippen LogP contribution in [0.5, 0.6) is 5.75 Å². The molecule has 1 aromatic carbocycles. The van der Waals surface area contributed by atoms with Crippen LogP contribution in [-0.4, -0.2) is 48.5 Å². The fourth-order valence-electron chi connectivity index (χ4n) is 3.19. The summed E-state index contributed by atoms with van der Waals surface area (Å²) >= 11 is 0. The Morgan fingerprint density at radius 1 is 1.18 bits per heavy atom. The number of aryl methyl sites for hydroxylation is 1. The molecule has 1 N–H and O–H groups in total. The van der Waals surface area contributed by atoms with Crippen molar-refractivity contribution in [1.29, 1.82) is 0 Å². The molecular formula is C17H23NO4. The topological polar surface area (TPSA) is 59.0 Å². The number of ether oxygens (including phenoxy) is 2. The zero-order chi connectivity index (χ0) is 15.4. The van der Waals surface area contributed by atoms with Crippen LogP contribution in [0.3, 0.4) is 0 Å². The lowest BCUT2D eigenvalue weighted by molar-refractivity contribution is -0.136. The highest BCUT2D eigenvalue weighted by Gasteiger charge is 2.31. The maximum Gasteiger partial charge on any atom is 0.222 e. The van der Waals surface area contributed by atoms with E-state index in [0.717, 1.165) is 31.5 Å². The Labute approximate surface area is 130 Å². The fourth-order valence-corrected chi connectivity index (χ4v) is 3.19. The second-order valence-electron chi connectivity index (χ2n) is 5.96. The SMILES string of the molecule is O=C(CCc1ccccc1O)N1CCC(C2OCCO2)CC1. The number of carbonyl (C=O) groups excluding carboxylic acids is 1. The summed E-state index contributed by atoms with van der Waals surface area (Å²) in [4.78, 5) is 14.2. The van der Waals surface area contributed by atoms with E-state index >= 15 is 0 Å². The van der Waals surface area contributed by atoms with Crippen molar-refractivity contribution in [2.24, 2.45) is 5.92 Å². The molecule has 2 aliphatic heterocycles. The molecule has 5 heteroatoms. The van der Waals surface area contributed by atoms with E-state index in [1.165, 1.54) is 0 Å². The van der Waals surface area contributed by atoms with Gasteiger partial charge in [0.1, 0.15) is 5.75 Å². The lowest BCUT2D eigenvalue weighted by Crippen LogP contribution is -2.41. The Morgan fingerprint density at radius 2 is 1.86 bits per heavy atom. The molecule has 0 spiro atoms. The number of carbonyl (C=O) groups is 1. The first kappa shape index (κ1) is 15.3. The number of para-hydroxylation sites is 1. The van der Waals surface area contributed by atoms with Crippen molar-refractivity contribution in [3.05, 3.63) is 29.8 Å². The number of hydrogen-bond acceptors (Lipinski definition) is 4. The van der Waals surface area contributed by atoms with Crippen LogP contribution < -0.4 is 0 Å². The van der Waals surface area contributed by atoms with Crippen molar-refractivity contribution < 1.29 is 19.4 Å². The quantitative estimate of drug-likeness (QED) is 0.923. The Bertz CT molecular complexity index is 505. The van der Waals surface area contributed by atoms with Gasteiger partial charge in [-0.05, 0) is 30.9 Å². The molecule has 2 fully saturated rings. The third-order valence-corrected chi connectivity index (χ3v) is 4.52. The summed E-state index contributed by atoms with van der Waals surface area (Å²) in [5, 5.41) is 9.74. The molecule has 2 saturated heterocycles. The lowest BCUT2D eigenvalue weighted by Gasteiger charge is -2.34. The van der Waals surface area contributed by atoms with Gasteiger partial charge in [-0.2, -0.15) is 0 Å². The Hall–Kier alpha value is -1.59. The molecule has 5 nitrogen and oxygen atoms in total. The smallest absolute Gasteiger partial charge is 0.222 e. The number of phenols is 1. The first-order valence-corrected chi connectivity index (χ1v) is 8.02. The number of benzene rings is 1. The van der Waals surface area contributed by atoms with Crippen LogP contribution in [0.4, 0.5) is 0 Å². The molecule has 2 aliphatic rings. The third kappa shape index (κ3) is 3.59. The minimum atomic E-state index is -0.0708. The summed E-state index contributed by atoms with van der Waals surface area (Å²) in [5.41, 5.74) is 0.832. The summed E-state index contributed by atoms with van der Waals surface area (Å²) in [6.45, 7) is 2.91. The van der Waals surface area contributed by atoms with Gasteiger partial charge in [0.25, 0.3) is 0 Å². The van der Waals surface area contributed by atoms with Gasteiger partial charge in [-0.1, -0.05) is 18.2 Å². The highest BCUT2D eigenvalue weighted by atomic mass is 16.7. The van der Waals surface area contributed by atoms with Crippen molar-refractivity contribution in [3.8, 4) is 5.75 Å². The maximum absolute atomic E-state index is 12.3. The van der Waals surface area contributed by atoms with Gasteiger partial charge in [0.15, 0.2) is 6.29 Å². The van der Waals surface area contributed by atoms with E-state index in [1.54, 1.807) is 12.1 Å². The van der Waals surface area contributed by atoms with Gasteiger partial charge in [0.05, 0.1) is 13.2 Å². The predicted octanol–water partition coefficient (Wildman–Crippen LogP) is 1.94. The Morgan fingerprint density at radius 3 is 2.55 bits per heavy atom. The van der Waals surface area contributed by atoms with Gasteiger partial charge in [-0.3, -0.25) is 4.79 Å². The van der Waals surface area contributed by atoms with E-state index in [-0.39, 0.29) is 17.9 Å². The van der Waals surface area contributed by atoms with E-state index in [1.807, 2.05) is 17.0 Å². The molecule has 3 rings (SSSR count). The van der Waals surface area contributed by atoms with Gasteiger partial charge in [0, 0.05) is 25.4 Å². The van der Waals surface area contributed by atoms with Crippen molar-refractivity contribution in [2.45, 2.75) is 32.0 Å². The van der Waals surface area contributed by atoms with E-state index in [2.05, 4.69) is 0 Å². The molecule has 22 heavy (non-hydrogen) atoms. The average Bonchev–Trinajstić information content (AvgIpc) is 3.08. The number of phenolic OH excluding ortho intramolecular Hbond substituents is 1. The molecule has 0 aliphatic carbocycles. The second kappa shape index (κ2) is 7.11. The summed E-state index contributed by atoms with van der Waals surface area (Å²) < 4.78 is 11.1. The number of likely N-dealkylation sites (tertiary alicyclic amines) is 1. The van der Waals surface area contributed by atoms with Gasteiger partial charge in [-0.15, -0.1) is 0 Å². The monoisotopic (exact) mass is 305 g/mol. The number of piperidine rings is 1. The van der Waals surface area contributed by atoms with Crippen LogP contribution in [0.2, 0.25) is 0 Å². The van der Waals surface area contributed by atoms with Gasteiger partial charge in [-0.25, -0.2) is 0 Å². The van der Waals surface area contributed by atoms with Gasteiger partial charge < -0.3 is 19.5 Å². The third-order valence-electron chi connectivity index (χ3n) is 4.52. The predicted molar refractivity (Wildman–Crippen MR) is 81.4 cm³/mol. The first-order valence-electron chi connectivity index (χ1n) is 8.02. The fraction of sp³-hybridized carbons (Fsp3) is 0.588. The summed E-state index contributed by atoms with van der Waals surface area (Å²) in [6, 6.07) is 7.20. The van der Waals surface area contributed by atoms with Crippen molar-refractivity contribution >= 4 is 5.91 Å². The van der Waals surface area contributed by atoms with Crippen LogP contribution in [0.15, 0.2) is 24.3 Å². The molecule has 1 aromatic rings. The van der Waals surface area contributed by atoms with Crippen LogP contribution in [-0.2, 0) is 20.7 Å². The van der Waals surface area contributed by atoms with E-state index in [9.17, 15) is 9.90 Å². The summed E-state index contributed by atoms with van der Waals surface area (Å²) in [6.07, 6.45) is 2.83. The highest BCUT2D eigenvalue weighted by molar-refractivity contribution is 5.76. The average molecular weight is 305 g/mol. The number of nitrogens with zero attached hydrogens (tertiary/aromatic N) is 1. The van der Waals surface area contributed by atoms with Crippen molar-refractivity contribution in [1.82, 2.24) is 4.90 Å². The molecule has 0 bridgehead atoms. The maximum atomic E-state index is 12.3. The zero-order valence-electron chi connectivity index (χ0n) is 12.7. The normalized spacial score (nSPS) is 20.5. The molecular weight excluding hydrogens is 282 g/mol. The molecule has 2 heterocycles. The van der Waals surface area contributed by atoms with Gasteiger partial charge >= 0.3 is 0 Å². The van der Waals surface area contributed by atoms with E-state index < -0.39 is 0 Å². The lowest BCUT2D eigenvalue weighted by atomic mass is 9.95. The Kier molecular flexibility index (Phi) is 4.95.